The molecule has 3 N–H and O–H groups in total. The Labute approximate surface area is 168 Å². The largest absolute Gasteiger partial charge is 0.353 e. The van der Waals surface area contributed by atoms with Crippen molar-refractivity contribution in [3.63, 3.8) is 0 Å². The van der Waals surface area contributed by atoms with Crippen molar-refractivity contribution in [2.75, 3.05) is 39.3 Å². The van der Waals surface area contributed by atoms with E-state index in [0.717, 1.165) is 51.9 Å². The zero-order valence-corrected chi connectivity index (χ0v) is 17.0. The molecule has 3 rings (SSSR count). The molecule has 1 unspecified atom stereocenters. The second kappa shape index (κ2) is 9.52. The number of carbonyl (C=O) groups excluding carboxylic acids is 2. The second-order valence-electron chi connectivity index (χ2n) is 8.68. The summed E-state index contributed by atoms with van der Waals surface area (Å²) < 4.78 is 0. The molecule has 0 radical (unpaired) electrons. The Kier molecular flexibility index (Phi) is 7.08. The Bertz CT molecular complexity index is 658. The molecular formula is C22H34N4O2. The van der Waals surface area contributed by atoms with Crippen LogP contribution < -0.4 is 11.1 Å². The van der Waals surface area contributed by atoms with Crippen LogP contribution in [-0.4, -0.2) is 66.9 Å². The summed E-state index contributed by atoms with van der Waals surface area (Å²) in [6, 6.07) is 10.3. The van der Waals surface area contributed by atoms with Crippen molar-refractivity contribution in [3.05, 3.63) is 35.9 Å². The van der Waals surface area contributed by atoms with Crippen LogP contribution in [0.1, 0.15) is 38.2 Å². The summed E-state index contributed by atoms with van der Waals surface area (Å²) in [4.78, 5) is 29.0. The molecule has 154 valence electrons. The summed E-state index contributed by atoms with van der Waals surface area (Å²) in [5.74, 6) is 0.307. The summed E-state index contributed by atoms with van der Waals surface area (Å²) in [5, 5.41) is 3.14. The van der Waals surface area contributed by atoms with Crippen LogP contribution in [0.25, 0.3) is 0 Å². The van der Waals surface area contributed by atoms with Gasteiger partial charge in [-0.05, 0) is 49.8 Å². The van der Waals surface area contributed by atoms with Crippen molar-refractivity contribution in [1.82, 2.24) is 15.1 Å². The molecule has 1 atom stereocenters. The Morgan fingerprint density at radius 3 is 2.54 bits per heavy atom. The van der Waals surface area contributed by atoms with E-state index in [4.69, 9.17) is 5.73 Å². The van der Waals surface area contributed by atoms with E-state index in [9.17, 15) is 9.59 Å². The lowest BCUT2D eigenvalue weighted by Crippen LogP contribution is -2.49. The molecule has 6 nitrogen and oxygen atoms in total. The topological polar surface area (TPSA) is 78.7 Å². The molecule has 1 aromatic carbocycles. The zero-order valence-electron chi connectivity index (χ0n) is 17.0. The normalized spacial score (nSPS) is 23.7. The number of piperidine rings is 1. The highest BCUT2D eigenvalue weighted by molar-refractivity contribution is 5.79. The summed E-state index contributed by atoms with van der Waals surface area (Å²) in [7, 11) is 0. The Balaban J connectivity index is 1.35. The molecule has 2 aliphatic rings. The average molecular weight is 387 g/mol. The van der Waals surface area contributed by atoms with Crippen LogP contribution in [0.4, 0.5) is 0 Å². The average Bonchev–Trinajstić information content (AvgIpc) is 3.09. The molecule has 2 amide bonds. The third kappa shape index (κ3) is 5.79. The van der Waals surface area contributed by atoms with Crippen LogP contribution in [-0.2, 0) is 16.0 Å². The first-order valence-electron chi connectivity index (χ1n) is 10.5. The van der Waals surface area contributed by atoms with Crippen molar-refractivity contribution < 1.29 is 9.59 Å². The molecule has 1 aromatic rings. The number of rotatable bonds is 7. The number of likely N-dealkylation sites (tertiary alicyclic amines) is 2. The number of carbonyl (C=O) groups is 2. The van der Waals surface area contributed by atoms with Crippen LogP contribution in [0.3, 0.4) is 0 Å². The van der Waals surface area contributed by atoms with E-state index in [0.29, 0.717) is 19.5 Å². The van der Waals surface area contributed by atoms with Gasteiger partial charge in [0.15, 0.2) is 0 Å². The number of nitrogens with one attached hydrogen (secondary N) is 1. The Morgan fingerprint density at radius 2 is 1.89 bits per heavy atom. The first kappa shape index (κ1) is 20.8. The SMILES string of the molecule is CC1(CN)CCN(CC(=O)N2CCC(NC(=O)CCc3ccccc3)CC2)C1. The maximum Gasteiger partial charge on any atom is 0.236 e. The molecule has 6 heteroatoms. The number of benzene rings is 1. The van der Waals surface area contributed by atoms with Gasteiger partial charge in [0.1, 0.15) is 0 Å². The van der Waals surface area contributed by atoms with Gasteiger partial charge in [0.2, 0.25) is 11.8 Å². The van der Waals surface area contributed by atoms with Crippen molar-refractivity contribution in [1.29, 1.82) is 0 Å². The van der Waals surface area contributed by atoms with E-state index >= 15 is 0 Å². The fourth-order valence-electron chi connectivity index (χ4n) is 4.19. The summed E-state index contributed by atoms with van der Waals surface area (Å²) in [5.41, 5.74) is 7.19. The monoisotopic (exact) mass is 386 g/mol. The van der Waals surface area contributed by atoms with Crippen molar-refractivity contribution in [3.8, 4) is 0 Å². The van der Waals surface area contributed by atoms with Crippen LogP contribution in [0.15, 0.2) is 30.3 Å². The van der Waals surface area contributed by atoms with Crippen LogP contribution in [0.5, 0.6) is 0 Å². The first-order chi connectivity index (χ1) is 13.5. The van der Waals surface area contributed by atoms with E-state index in [1.165, 1.54) is 5.56 Å². The summed E-state index contributed by atoms with van der Waals surface area (Å²) in [6.45, 7) is 6.67. The van der Waals surface area contributed by atoms with Gasteiger partial charge in [-0.2, -0.15) is 0 Å². The standard InChI is InChI=1S/C22H34N4O2/c1-22(16-23)11-14-25(17-22)15-21(28)26-12-9-19(10-13-26)24-20(27)8-7-18-5-3-2-4-6-18/h2-6,19H,7-17,23H2,1H3,(H,24,27). The van der Waals surface area contributed by atoms with Crippen LogP contribution >= 0.6 is 0 Å². The molecule has 2 fully saturated rings. The van der Waals surface area contributed by atoms with Gasteiger partial charge < -0.3 is 16.0 Å². The molecule has 2 heterocycles. The molecule has 28 heavy (non-hydrogen) atoms. The van der Waals surface area contributed by atoms with Gasteiger partial charge in [0, 0.05) is 32.1 Å². The van der Waals surface area contributed by atoms with E-state index in [-0.39, 0.29) is 23.3 Å². The van der Waals surface area contributed by atoms with E-state index < -0.39 is 0 Å². The molecule has 2 aliphatic heterocycles. The molecular weight excluding hydrogens is 352 g/mol. The Hall–Kier alpha value is -1.92. The highest BCUT2D eigenvalue weighted by Crippen LogP contribution is 2.28. The minimum Gasteiger partial charge on any atom is -0.353 e. The lowest BCUT2D eigenvalue weighted by Gasteiger charge is -2.33. The maximum atomic E-state index is 12.6. The van der Waals surface area contributed by atoms with Gasteiger partial charge in [-0.25, -0.2) is 0 Å². The number of amides is 2. The lowest BCUT2D eigenvalue weighted by atomic mass is 9.90. The van der Waals surface area contributed by atoms with Gasteiger partial charge >= 0.3 is 0 Å². The van der Waals surface area contributed by atoms with Gasteiger partial charge in [0.25, 0.3) is 0 Å². The summed E-state index contributed by atoms with van der Waals surface area (Å²) >= 11 is 0. The van der Waals surface area contributed by atoms with Gasteiger partial charge in [0.05, 0.1) is 6.54 Å². The Morgan fingerprint density at radius 1 is 1.18 bits per heavy atom. The predicted molar refractivity (Wildman–Crippen MR) is 111 cm³/mol. The zero-order chi connectivity index (χ0) is 20.0. The minimum atomic E-state index is 0.103. The molecule has 2 saturated heterocycles. The fraction of sp³-hybridized carbons (Fsp3) is 0.636. The third-order valence-corrected chi connectivity index (χ3v) is 6.18. The van der Waals surface area contributed by atoms with E-state index in [1.807, 2.05) is 35.2 Å². The minimum absolute atomic E-state index is 0.103. The second-order valence-corrected chi connectivity index (χ2v) is 8.68. The van der Waals surface area contributed by atoms with Crippen LogP contribution in [0.2, 0.25) is 0 Å². The van der Waals surface area contributed by atoms with E-state index in [1.54, 1.807) is 0 Å². The molecule has 0 spiro atoms. The number of nitrogens with two attached hydrogens (primary N) is 1. The third-order valence-electron chi connectivity index (χ3n) is 6.18. The van der Waals surface area contributed by atoms with Gasteiger partial charge in [-0.15, -0.1) is 0 Å². The van der Waals surface area contributed by atoms with E-state index in [2.05, 4.69) is 17.1 Å². The number of hydrogen-bond donors (Lipinski definition) is 2. The predicted octanol–water partition coefficient (Wildman–Crippen LogP) is 1.40. The number of nitrogens with zero attached hydrogens (tertiary/aromatic N) is 2. The number of aryl methyl sites for hydroxylation is 1. The van der Waals surface area contributed by atoms with Crippen molar-refractivity contribution in [2.24, 2.45) is 11.1 Å². The van der Waals surface area contributed by atoms with Gasteiger partial charge in [-0.1, -0.05) is 37.3 Å². The lowest BCUT2D eigenvalue weighted by molar-refractivity contribution is -0.133. The molecule has 0 aliphatic carbocycles. The van der Waals surface area contributed by atoms with Crippen molar-refractivity contribution >= 4 is 11.8 Å². The molecule has 0 saturated carbocycles. The van der Waals surface area contributed by atoms with Crippen molar-refractivity contribution in [2.45, 2.75) is 45.1 Å². The van der Waals surface area contributed by atoms with Crippen LogP contribution in [0, 0.1) is 5.41 Å². The highest BCUT2D eigenvalue weighted by atomic mass is 16.2. The maximum absolute atomic E-state index is 12.6. The first-order valence-corrected chi connectivity index (χ1v) is 10.5. The molecule has 0 aromatic heterocycles. The highest BCUT2D eigenvalue weighted by Gasteiger charge is 2.34. The quantitative estimate of drug-likeness (QED) is 0.742. The van der Waals surface area contributed by atoms with Gasteiger partial charge in [-0.3, -0.25) is 14.5 Å². The summed E-state index contributed by atoms with van der Waals surface area (Å²) in [6.07, 6.45) is 4.01. The molecule has 0 bridgehead atoms. The number of hydrogen-bond acceptors (Lipinski definition) is 4. The smallest absolute Gasteiger partial charge is 0.236 e. The fourth-order valence-corrected chi connectivity index (χ4v) is 4.19.